The van der Waals surface area contributed by atoms with Gasteiger partial charge in [0, 0.05) is 0 Å². The summed E-state index contributed by atoms with van der Waals surface area (Å²) in [6.45, 7) is 0. The van der Waals surface area contributed by atoms with E-state index in [4.69, 9.17) is 5.73 Å². The van der Waals surface area contributed by atoms with Crippen LogP contribution in [0.5, 0.6) is 0 Å². The van der Waals surface area contributed by atoms with Crippen molar-refractivity contribution in [3.63, 3.8) is 0 Å². The molecule has 2 rings (SSSR count). The standard InChI is InChI=1S/C10H11NO2/c11-10(13)9-7-4-2-1-3-6(7)5-8(9)12/h1-4,8-9,12H,5H2,(H2,11,13)/t8-,9-/m0/s1. The van der Waals surface area contributed by atoms with Gasteiger partial charge in [-0.3, -0.25) is 4.79 Å². The van der Waals surface area contributed by atoms with Crippen LogP contribution in [-0.2, 0) is 11.2 Å². The lowest BCUT2D eigenvalue weighted by Crippen LogP contribution is -2.28. The van der Waals surface area contributed by atoms with E-state index in [-0.39, 0.29) is 0 Å². The fourth-order valence-corrected chi connectivity index (χ4v) is 1.92. The summed E-state index contributed by atoms with van der Waals surface area (Å²) in [4.78, 5) is 11.0. The van der Waals surface area contributed by atoms with Crippen LogP contribution >= 0.6 is 0 Å². The van der Waals surface area contributed by atoms with Crippen molar-refractivity contribution >= 4 is 5.91 Å². The van der Waals surface area contributed by atoms with Gasteiger partial charge in [-0.1, -0.05) is 24.3 Å². The zero-order valence-corrected chi connectivity index (χ0v) is 7.10. The molecule has 0 saturated carbocycles. The fourth-order valence-electron chi connectivity index (χ4n) is 1.92. The molecule has 0 aromatic heterocycles. The number of rotatable bonds is 1. The number of hydrogen-bond acceptors (Lipinski definition) is 2. The molecule has 0 bridgehead atoms. The second-order valence-corrected chi connectivity index (χ2v) is 3.35. The highest BCUT2D eigenvalue weighted by Gasteiger charge is 2.34. The first kappa shape index (κ1) is 8.26. The van der Waals surface area contributed by atoms with Gasteiger partial charge in [-0.25, -0.2) is 0 Å². The van der Waals surface area contributed by atoms with Crippen LogP contribution in [0.4, 0.5) is 0 Å². The van der Waals surface area contributed by atoms with Gasteiger partial charge < -0.3 is 10.8 Å². The zero-order chi connectivity index (χ0) is 9.42. The molecule has 0 saturated heterocycles. The molecule has 2 atom stereocenters. The number of benzene rings is 1. The molecule has 0 aliphatic heterocycles. The normalized spacial score (nSPS) is 25.6. The smallest absolute Gasteiger partial charge is 0.227 e. The number of hydrogen-bond donors (Lipinski definition) is 2. The van der Waals surface area contributed by atoms with Crippen molar-refractivity contribution in [2.45, 2.75) is 18.4 Å². The van der Waals surface area contributed by atoms with Crippen molar-refractivity contribution in [1.29, 1.82) is 0 Å². The molecule has 13 heavy (non-hydrogen) atoms. The Bertz CT molecular complexity index is 349. The summed E-state index contributed by atoms with van der Waals surface area (Å²) in [5.41, 5.74) is 7.11. The SMILES string of the molecule is NC(=O)[C@H]1c2ccccc2C[C@@H]1O. The van der Waals surface area contributed by atoms with E-state index in [2.05, 4.69) is 0 Å². The number of fused-ring (bicyclic) bond motifs is 1. The Labute approximate surface area is 76.2 Å². The molecule has 1 aromatic carbocycles. The first-order valence-corrected chi connectivity index (χ1v) is 4.25. The van der Waals surface area contributed by atoms with Crippen LogP contribution in [0.3, 0.4) is 0 Å². The van der Waals surface area contributed by atoms with E-state index in [1.807, 2.05) is 24.3 Å². The molecule has 0 radical (unpaired) electrons. The average Bonchev–Trinajstić information content (AvgIpc) is 2.39. The Kier molecular flexibility index (Phi) is 1.81. The molecule has 0 unspecified atom stereocenters. The quantitative estimate of drug-likeness (QED) is 0.642. The van der Waals surface area contributed by atoms with Crippen molar-refractivity contribution < 1.29 is 9.90 Å². The maximum atomic E-state index is 11.0. The molecule has 68 valence electrons. The molecular weight excluding hydrogens is 166 g/mol. The monoisotopic (exact) mass is 177 g/mol. The van der Waals surface area contributed by atoms with Gasteiger partial charge in [-0.05, 0) is 17.5 Å². The molecular formula is C10H11NO2. The molecule has 0 heterocycles. The van der Waals surface area contributed by atoms with Crippen molar-refractivity contribution in [3.8, 4) is 0 Å². The molecule has 3 heteroatoms. The van der Waals surface area contributed by atoms with Gasteiger partial charge in [-0.15, -0.1) is 0 Å². The van der Waals surface area contributed by atoms with E-state index in [1.54, 1.807) is 0 Å². The van der Waals surface area contributed by atoms with Crippen LogP contribution in [0.25, 0.3) is 0 Å². The lowest BCUT2D eigenvalue weighted by atomic mass is 9.99. The second-order valence-electron chi connectivity index (χ2n) is 3.35. The lowest BCUT2D eigenvalue weighted by molar-refractivity contribution is -0.121. The summed E-state index contributed by atoms with van der Waals surface area (Å²) in [5, 5.41) is 9.58. The van der Waals surface area contributed by atoms with E-state index in [1.165, 1.54) is 0 Å². The maximum Gasteiger partial charge on any atom is 0.227 e. The predicted octanol–water partition coefficient (Wildman–Crippen LogP) is 0.173. The van der Waals surface area contributed by atoms with Gasteiger partial charge in [0.25, 0.3) is 0 Å². The Morgan fingerprint density at radius 3 is 2.85 bits per heavy atom. The third-order valence-electron chi connectivity index (χ3n) is 2.51. The van der Waals surface area contributed by atoms with Crippen LogP contribution in [0.15, 0.2) is 24.3 Å². The molecule has 3 nitrogen and oxygen atoms in total. The van der Waals surface area contributed by atoms with Gasteiger partial charge in [0.15, 0.2) is 0 Å². The summed E-state index contributed by atoms with van der Waals surface area (Å²) in [7, 11) is 0. The third-order valence-corrected chi connectivity index (χ3v) is 2.51. The molecule has 0 fully saturated rings. The highest BCUT2D eigenvalue weighted by molar-refractivity contribution is 5.84. The minimum absolute atomic E-state index is 0.447. The minimum atomic E-state index is -0.644. The number of amides is 1. The highest BCUT2D eigenvalue weighted by Crippen LogP contribution is 2.32. The van der Waals surface area contributed by atoms with Crippen molar-refractivity contribution in [2.24, 2.45) is 5.73 Å². The Morgan fingerprint density at radius 1 is 1.46 bits per heavy atom. The average molecular weight is 177 g/mol. The van der Waals surface area contributed by atoms with Gasteiger partial charge in [0.1, 0.15) is 0 Å². The Balaban J connectivity index is 2.46. The van der Waals surface area contributed by atoms with Gasteiger partial charge in [0.2, 0.25) is 5.91 Å². The number of aliphatic hydroxyl groups is 1. The second kappa shape index (κ2) is 2.85. The molecule has 1 aromatic rings. The van der Waals surface area contributed by atoms with Gasteiger partial charge >= 0.3 is 0 Å². The largest absolute Gasteiger partial charge is 0.392 e. The van der Waals surface area contributed by atoms with Crippen molar-refractivity contribution in [2.75, 3.05) is 0 Å². The lowest BCUT2D eigenvalue weighted by Gasteiger charge is -2.10. The molecule has 0 spiro atoms. The molecule has 3 N–H and O–H groups in total. The summed E-state index contributed by atoms with van der Waals surface area (Å²) >= 11 is 0. The fraction of sp³-hybridized carbons (Fsp3) is 0.300. The summed E-state index contributed by atoms with van der Waals surface area (Å²) < 4.78 is 0. The predicted molar refractivity (Wildman–Crippen MR) is 48.1 cm³/mol. The van der Waals surface area contributed by atoms with E-state index in [9.17, 15) is 9.90 Å². The third kappa shape index (κ3) is 1.21. The first-order chi connectivity index (χ1) is 6.20. The number of aliphatic hydroxyl groups excluding tert-OH is 1. The van der Waals surface area contributed by atoms with Crippen LogP contribution in [0.2, 0.25) is 0 Å². The van der Waals surface area contributed by atoms with Crippen LogP contribution in [0.1, 0.15) is 17.0 Å². The summed E-state index contributed by atoms with van der Waals surface area (Å²) in [6.07, 6.45) is -0.112. The Morgan fingerprint density at radius 2 is 2.15 bits per heavy atom. The Hall–Kier alpha value is -1.35. The minimum Gasteiger partial charge on any atom is -0.392 e. The van der Waals surface area contributed by atoms with Crippen molar-refractivity contribution in [3.05, 3.63) is 35.4 Å². The molecule has 1 aliphatic carbocycles. The van der Waals surface area contributed by atoms with Crippen LogP contribution in [-0.4, -0.2) is 17.1 Å². The topological polar surface area (TPSA) is 63.3 Å². The zero-order valence-electron chi connectivity index (χ0n) is 7.10. The molecule has 1 amide bonds. The van der Waals surface area contributed by atoms with Gasteiger partial charge in [0.05, 0.1) is 12.0 Å². The van der Waals surface area contributed by atoms with E-state index in [0.29, 0.717) is 6.42 Å². The highest BCUT2D eigenvalue weighted by atomic mass is 16.3. The number of primary amides is 1. The summed E-state index contributed by atoms with van der Waals surface area (Å²) in [5.74, 6) is -0.964. The van der Waals surface area contributed by atoms with Crippen LogP contribution < -0.4 is 5.73 Å². The number of carbonyl (C=O) groups is 1. The van der Waals surface area contributed by atoms with E-state index in [0.717, 1.165) is 11.1 Å². The van der Waals surface area contributed by atoms with E-state index < -0.39 is 17.9 Å². The first-order valence-electron chi connectivity index (χ1n) is 4.25. The van der Waals surface area contributed by atoms with E-state index >= 15 is 0 Å². The van der Waals surface area contributed by atoms with Gasteiger partial charge in [-0.2, -0.15) is 0 Å². The van der Waals surface area contributed by atoms with Crippen molar-refractivity contribution in [1.82, 2.24) is 0 Å². The number of carbonyl (C=O) groups excluding carboxylic acids is 1. The molecule has 1 aliphatic rings. The van der Waals surface area contributed by atoms with Crippen LogP contribution in [0, 0.1) is 0 Å². The maximum absolute atomic E-state index is 11.0. The number of nitrogens with two attached hydrogens (primary N) is 1. The summed E-state index contributed by atoms with van der Waals surface area (Å²) in [6, 6.07) is 7.52.